The van der Waals surface area contributed by atoms with Crippen LogP contribution in [0.25, 0.3) is 0 Å². The van der Waals surface area contributed by atoms with E-state index < -0.39 is 64.8 Å². The molecule has 2 unspecified atom stereocenters. The zero-order valence-electron chi connectivity index (χ0n) is 12.1. The van der Waals surface area contributed by atoms with E-state index in [1.807, 2.05) is 0 Å². The van der Waals surface area contributed by atoms with E-state index in [1.165, 1.54) is 0 Å². The van der Waals surface area contributed by atoms with Crippen molar-refractivity contribution in [2.75, 3.05) is 13.2 Å². The van der Waals surface area contributed by atoms with Crippen molar-refractivity contribution in [1.29, 1.82) is 0 Å². The van der Waals surface area contributed by atoms with Gasteiger partial charge >= 0.3 is 23.5 Å². The minimum Gasteiger partial charge on any atom is -0.774 e. The summed E-state index contributed by atoms with van der Waals surface area (Å²) in [6, 6.07) is 0. The zero-order chi connectivity index (χ0) is 21.2. The molecule has 0 aromatic carbocycles. The minimum atomic E-state index is -6.85. The minimum absolute atomic E-state index is 0.837. The van der Waals surface area contributed by atoms with Crippen molar-refractivity contribution in [2.45, 2.75) is 36.4 Å². The Hall–Kier alpha value is -0.340. The molecule has 2 N–H and O–H groups in total. The third-order valence-electron chi connectivity index (χ3n) is 2.52. The highest BCUT2D eigenvalue weighted by Gasteiger charge is 2.65. The average Bonchev–Trinajstić information content (AvgIpc) is 2.39. The Labute approximate surface area is 139 Å². The molecule has 0 aliphatic rings. The van der Waals surface area contributed by atoms with Gasteiger partial charge in [-0.3, -0.25) is 0 Å². The fourth-order valence-corrected chi connectivity index (χ4v) is 1.89. The molecular formula is C8H10F8O8P2-2. The van der Waals surface area contributed by atoms with Gasteiger partial charge in [-0.25, -0.2) is 0 Å². The number of hydrogen-bond acceptors (Lipinski definition) is 6. The van der Waals surface area contributed by atoms with Gasteiger partial charge in [0, 0.05) is 0 Å². The molecule has 0 spiro atoms. The summed E-state index contributed by atoms with van der Waals surface area (Å²) in [6.07, 6.45) is -13.1. The van der Waals surface area contributed by atoms with Crippen molar-refractivity contribution in [3.05, 3.63) is 0 Å². The zero-order valence-corrected chi connectivity index (χ0v) is 13.9. The molecule has 18 heteroatoms. The fourth-order valence-electron chi connectivity index (χ4n) is 1.11. The Bertz CT molecular complexity index is 523. The molecule has 26 heavy (non-hydrogen) atoms. The van der Waals surface area contributed by atoms with E-state index in [-0.39, 0.29) is 0 Å². The molecule has 2 atom stereocenters. The van der Waals surface area contributed by atoms with Crippen molar-refractivity contribution in [1.82, 2.24) is 0 Å². The van der Waals surface area contributed by atoms with Gasteiger partial charge in [0.1, 0.15) is 0 Å². The Morgan fingerprint density at radius 2 is 0.923 bits per heavy atom. The monoisotopic (exact) mass is 448 g/mol. The van der Waals surface area contributed by atoms with E-state index >= 15 is 0 Å². The molecule has 0 saturated heterocycles. The normalized spacial score (nSPS) is 19.1. The topological polar surface area (TPSA) is 139 Å². The Morgan fingerprint density at radius 3 is 1.12 bits per heavy atom. The van der Waals surface area contributed by atoms with Crippen LogP contribution in [0.1, 0.15) is 12.8 Å². The molecule has 0 heterocycles. The third kappa shape index (κ3) is 5.58. The lowest BCUT2D eigenvalue weighted by Gasteiger charge is -2.32. The molecule has 0 radical (unpaired) electrons. The smallest absolute Gasteiger partial charge is 0.427 e. The molecule has 0 aliphatic heterocycles. The van der Waals surface area contributed by atoms with E-state index in [4.69, 9.17) is 9.79 Å². The van der Waals surface area contributed by atoms with Crippen LogP contribution < -0.4 is 9.79 Å². The van der Waals surface area contributed by atoms with Crippen molar-refractivity contribution in [3.63, 3.8) is 0 Å². The number of halogens is 8. The summed E-state index contributed by atoms with van der Waals surface area (Å²) in [5.74, 6) is 0. The van der Waals surface area contributed by atoms with Crippen molar-refractivity contribution in [2.24, 2.45) is 0 Å². The molecule has 8 nitrogen and oxygen atoms in total. The first-order valence-electron chi connectivity index (χ1n) is 6.07. The molecule has 0 amide bonds. The van der Waals surface area contributed by atoms with Crippen LogP contribution in [0.5, 0.6) is 0 Å². The van der Waals surface area contributed by atoms with Crippen LogP contribution in [0.4, 0.5) is 35.1 Å². The Kier molecular flexibility index (Phi) is 7.85. The van der Waals surface area contributed by atoms with Crippen LogP contribution in [-0.4, -0.2) is 46.5 Å². The van der Waals surface area contributed by atoms with E-state index in [9.17, 15) is 54.0 Å². The highest BCUT2D eigenvalue weighted by Crippen LogP contribution is 2.58. The lowest BCUT2D eigenvalue weighted by atomic mass is 10.3. The van der Waals surface area contributed by atoms with Crippen molar-refractivity contribution >= 4 is 15.2 Å². The summed E-state index contributed by atoms with van der Waals surface area (Å²) in [5, 5.41) is 0. The second-order valence-corrected chi connectivity index (χ2v) is 7.77. The number of rotatable bonds is 11. The molecular weight excluding hydrogens is 438 g/mol. The molecule has 0 bridgehead atoms. The first-order valence-corrected chi connectivity index (χ1v) is 9.23. The third-order valence-corrected chi connectivity index (χ3v) is 4.46. The molecule has 158 valence electrons. The maximum atomic E-state index is 12.8. The predicted molar refractivity (Wildman–Crippen MR) is 60.6 cm³/mol. The number of unbranched alkanes of at least 4 members (excludes halogenated alkanes) is 1. The summed E-state index contributed by atoms with van der Waals surface area (Å²) in [7, 11) is -13.7. The molecule has 0 aromatic heterocycles. The van der Waals surface area contributed by atoms with Gasteiger partial charge in [0.05, 0.1) is 13.2 Å². The highest BCUT2D eigenvalue weighted by molar-refractivity contribution is 7.52. The summed E-state index contributed by atoms with van der Waals surface area (Å²) in [4.78, 5) is 36.3. The van der Waals surface area contributed by atoms with Gasteiger partial charge in [0.25, 0.3) is 0 Å². The molecule has 0 fully saturated rings. The number of hydrogen-bond donors (Lipinski definition) is 2. The summed E-state index contributed by atoms with van der Waals surface area (Å²) in [6.45, 7) is -2.82. The highest BCUT2D eigenvalue weighted by atomic mass is 31.2. The SMILES string of the molecule is O=P([O-])(O)C(F)(F)C(F)(F)OCCCCOC(F)(F)C(F)(F)P(=O)([O-])O. The standard InChI is InChI=1S/C8H12F8O8P2/c9-5(10,7(13,14)25(17,18)19)23-3-1-2-4-24-6(11,12)8(15,16)26(20,21)22/h1-4H2,(H2,17,18,19)(H2,20,21,22)/p-2. The maximum absolute atomic E-state index is 12.8. The average molecular weight is 448 g/mol. The lowest BCUT2D eigenvalue weighted by molar-refractivity contribution is -0.343. The van der Waals surface area contributed by atoms with E-state index in [0.717, 1.165) is 0 Å². The van der Waals surface area contributed by atoms with Gasteiger partial charge in [-0.1, -0.05) is 0 Å². The largest absolute Gasteiger partial charge is 0.774 e. The molecule has 0 saturated carbocycles. The van der Waals surface area contributed by atoms with E-state index in [1.54, 1.807) is 0 Å². The van der Waals surface area contributed by atoms with Gasteiger partial charge in [0.15, 0.2) is 0 Å². The first kappa shape index (κ1) is 25.7. The van der Waals surface area contributed by atoms with E-state index in [2.05, 4.69) is 9.47 Å². The van der Waals surface area contributed by atoms with E-state index in [0.29, 0.717) is 0 Å². The van der Waals surface area contributed by atoms with Crippen LogP contribution in [0.2, 0.25) is 0 Å². The van der Waals surface area contributed by atoms with Gasteiger partial charge in [-0.05, 0) is 12.8 Å². The summed E-state index contributed by atoms with van der Waals surface area (Å²) < 4.78 is 129. The van der Waals surface area contributed by atoms with Crippen LogP contribution in [0.3, 0.4) is 0 Å². The van der Waals surface area contributed by atoms with Crippen molar-refractivity contribution < 1.29 is 73.3 Å². The van der Waals surface area contributed by atoms with Crippen LogP contribution in [0.15, 0.2) is 0 Å². The van der Waals surface area contributed by atoms with Gasteiger partial charge < -0.3 is 38.2 Å². The summed E-state index contributed by atoms with van der Waals surface area (Å²) >= 11 is 0. The Balaban J connectivity index is 4.51. The lowest BCUT2D eigenvalue weighted by Crippen LogP contribution is -2.45. The number of alkyl halides is 8. The Morgan fingerprint density at radius 1 is 0.692 bits per heavy atom. The van der Waals surface area contributed by atoms with Gasteiger partial charge in [0.2, 0.25) is 15.2 Å². The number of ether oxygens (including phenoxy) is 2. The van der Waals surface area contributed by atoms with Gasteiger partial charge in [-0.15, -0.1) is 0 Å². The first-order chi connectivity index (χ1) is 11.2. The van der Waals surface area contributed by atoms with Crippen LogP contribution >= 0.6 is 15.2 Å². The van der Waals surface area contributed by atoms with Crippen LogP contribution in [-0.2, 0) is 18.6 Å². The molecule has 0 aromatic rings. The molecule has 0 rings (SSSR count). The van der Waals surface area contributed by atoms with Gasteiger partial charge in [-0.2, -0.15) is 35.1 Å². The quantitative estimate of drug-likeness (QED) is 0.274. The maximum Gasteiger partial charge on any atom is 0.427 e. The van der Waals surface area contributed by atoms with Crippen LogP contribution in [0, 0.1) is 0 Å². The molecule has 0 aliphatic carbocycles. The second kappa shape index (κ2) is 7.95. The fraction of sp³-hybridized carbons (Fsp3) is 1.00. The second-order valence-electron chi connectivity index (χ2n) is 4.56. The summed E-state index contributed by atoms with van der Waals surface area (Å²) in [5.41, 5.74) is -12.0. The predicted octanol–water partition coefficient (Wildman–Crippen LogP) is 1.26. The van der Waals surface area contributed by atoms with Crippen molar-refractivity contribution in [3.8, 4) is 0 Å².